The molecule has 0 fully saturated rings. The highest BCUT2D eigenvalue weighted by Gasteiger charge is 1.97. The summed E-state index contributed by atoms with van der Waals surface area (Å²) >= 11 is 3.38. The highest BCUT2D eigenvalue weighted by molar-refractivity contribution is 9.10. The summed E-state index contributed by atoms with van der Waals surface area (Å²) < 4.78 is 2.78. The monoisotopic (exact) mass is 252 g/mol. The SMILES string of the molecule is Nc1cn(Cc2ccc(Br)cc2)nn1. The molecule has 72 valence electrons. The number of nitrogens with two attached hydrogens (primary N) is 1. The number of halogens is 1. The van der Waals surface area contributed by atoms with Gasteiger partial charge in [0.1, 0.15) is 0 Å². The number of nitrogens with zero attached hydrogens (tertiary/aromatic N) is 3. The van der Waals surface area contributed by atoms with E-state index in [0.29, 0.717) is 12.4 Å². The Labute approximate surface area is 89.9 Å². The van der Waals surface area contributed by atoms with Gasteiger partial charge in [-0.1, -0.05) is 33.3 Å². The Bertz CT molecular complexity index is 421. The molecule has 0 aliphatic heterocycles. The Hall–Kier alpha value is -1.36. The molecular formula is C9H9BrN4. The van der Waals surface area contributed by atoms with Crippen LogP contribution in [0.25, 0.3) is 0 Å². The molecule has 0 unspecified atom stereocenters. The summed E-state index contributed by atoms with van der Waals surface area (Å²) in [7, 11) is 0. The van der Waals surface area contributed by atoms with Crippen molar-refractivity contribution in [3.63, 3.8) is 0 Å². The third-order valence-electron chi connectivity index (χ3n) is 1.81. The van der Waals surface area contributed by atoms with Crippen LogP contribution < -0.4 is 5.73 Å². The Balaban J connectivity index is 2.15. The van der Waals surface area contributed by atoms with Crippen LogP contribution >= 0.6 is 15.9 Å². The van der Waals surface area contributed by atoms with Crippen LogP contribution in [0.15, 0.2) is 34.9 Å². The molecule has 0 amide bonds. The van der Waals surface area contributed by atoms with Gasteiger partial charge in [-0.15, -0.1) is 5.10 Å². The summed E-state index contributed by atoms with van der Waals surface area (Å²) in [6, 6.07) is 8.05. The largest absolute Gasteiger partial charge is 0.381 e. The first-order chi connectivity index (χ1) is 6.74. The fourth-order valence-electron chi connectivity index (χ4n) is 1.17. The molecule has 14 heavy (non-hydrogen) atoms. The van der Waals surface area contributed by atoms with Gasteiger partial charge in [-0.25, -0.2) is 4.68 Å². The van der Waals surface area contributed by atoms with Gasteiger partial charge in [-0.3, -0.25) is 0 Å². The summed E-state index contributed by atoms with van der Waals surface area (Å²) in [4.78, 5) is 0. The average Bonchev–Trinajstić information content (AvgIpc) is 2.56. The van der Waals surface area contributed by atoms with E-state index in [1.807, 2.05) is 24.3 Å². The average molecular weight is 253 g/mol. The molecule has 2 aromatic rings. The minimum absolute atomic E-state index is 0.446. The number of nitrogen functional groups attached to an aromatic ring is 1. The van der Waals surface area contributed by atoms with Crippen molar-refractivity contribution in [3.05, 3.63) is 40.5 Å². The van der Waals surface area contributed by atoms with Gasteiger partial charge in [0.15, 0.2) is 5.82 Å². The summed E-state index contributed by atoms with van der Waals surface area (Å²) in [6.45, 7) is 0.692. The number of rotatable bonds is 2. The van der Waals surface area contributed by atoms with Gasteiger partial charge < -0.3 is 5.73 Å². The number of hydrogen-bond acceptors (Lipinski definition) is 3. The van der Waals surface area contributed by atoms with Gasteiger partial charge >= 0.3 is 0 Å². The molecule has 1 heterocycles. The van der Waals surface area contributed by atoms with E-state index in [0.717, 1.165) is 10.0 Å². The van der Waals surface area contributed by atoms with Crippen molar-refractivity contribution in [2.75, 3.05) is 5.73 Å². The van der Waals surface area contributed by atoms with E-state index in [4.69, 9.17) is 5.73 Å². The zero-order chi connectivity index (χ0) is 9.97. The zero-order valence-electron chi connectivity index (χ0n) is 7.39. The summed E-state index contributed by atoms with van der Waals surface area (Å²) in [5.41, 5.74) is 6.62. The maximum absolute atomic E-state index is 5.45. The maximum atomic E-state index is 5.45. The number of aromatic nitrogens is 3. The minimum atomic E-state index is 0.446. The van der Waals surface area contributed by atoms with Crippen LogP contribution in [0, 0.1) is 0 Å². The summed E-state index contributed by atoms with van der Waals surface area (Å²) in [6.07, 6.45) is 1.71. The number of benzene rings is 1. The minimum Gasteiger partial charge on any atom is -0.381 e. The van der Waals surface area contributed by atoms with Gasteiger partial charge in [-0.2, -0.15) is 0 Å². The number of anilines is 1. The second-order valence-corrected chi connectivity index (χ2v) is 3.88. The van der Waals surface area contributed by atoms with E-state index < -0.39 is 0 Å². The van der Waals surface area contributed by atoms with Crippen LogP contribution in [-0.4, -0.2) is 15.0 Å². The van der Waals surface area contributed by atoms with Crippen LogP contribution in [0.5, 0.6) is 0 Å². The Morgan fingerprint density at radius 1 is 1.29 bits per heavy atom. The van der Waals surface area contributed by atoms with Crippen molar-refractivity contribution in [2.24, 2.45) is 0 Å². The third kappa shape index (κ3) is 2.11. The first kappa shape index (κ1) is 9.21. The summed E-state index contributed by atoms with van der Waals surface area (Å²) in [5, 5.41) is 7.58. The third-order valence-corrected chi connectivity index (χ3v) is 2.34. The molecule has 5 heteroatoms. The quantitative estimate of drug-likeness (QED) is 0.885. The van der Waals surface area contributed by atoms with Crippen molar-refractivity contribution in [1.82, 2.24) is 15.0 Å². The first-order valence-corrected chi connectivity index (χ1v) is 4.93. The lowest BCUT2D eigenvalue weighted by molar-refractivity contribution is 0.650. The van der Waals surface area contributed by atoms with Gasteiger partial charge in [0, 0.05) is 4.47 Å². The van der Waals surface area contributed by atoms with Crippen molar-refractivity contribution >= 4 is 21.7 Å². The molecule has 4 nitrogen and oxygen atoms in total. The zero-order valence-corrected chi connectivity index (χ0v) is 8.98. The first-order valence-electron chi connectivity index (χ1n) is 4.14. The van der Waals surface area contributed by atoms with E-state index in [1.54, 1.807) is 10.9 Å². The molecule has 0 aliphatic carbocycles. The van der Waals surface area contributed by atoms with Gasteiger partial charge in [-0.05, 0) is 17.7 Å². The lowest BCUT2D eigenvalue weighted by atomic mass is 10.2. The van der Waals surface area contributed by atoms with Gasteiger partial charge in [0.25, 0.3) is 0 Å². The molecule has 1 aromatic carbocycles. The van der Waals surface area contributed by atoms with Gasteiger partial charge in [0.05, 0.1) is 12.7 Å². The molecule has 0 radical (unpaired) electrons. The van der Waals surface area contributed by atoms with E-state index in [1.165, 1.54) is 0 Å². The van der Waals surface area contributed by atoms with Crippen LogP contribution in [-0.2, 0) is 6.54 Å². The molecule has 1 aromatic heterocycles. The highest BCUT2D eigenvalue weighted by Crippen LogP contribution is 2.11. The highest BCUT2D eigenvalue weighted by atomic mass is 79.9. The molecule has 2 rings (SSSR count). The van der Waals surface area contributed by atoms with Crippen molar-refractivity contribution in [2.45, 2.75) is 6.54 Å². The van der Waals surface area contributed by atoms with E-state index in [9.17, 15) is 0 Å². The van der Waals surface area contributed by atoms with Crippen LogP contribution in [0.2, 0.25) is 0 Å². The van der Waals surface area contributed by atoms with Crippen molar-refractivity contribution in [3.8, 4) is 0 Å². The summed E-state index contributed by atoms with van der Waals surface area (Å²) in [5.74, 6) is 0.446. The lowest BCUT2D eigenvalue weighted by Gasteiger charge is -2.00. The molecule has 0 bridgehead atoms. The smallest absolute Gasteiger partial charge is 0.165 e. The molecular weight excluding hydrogens is 244 g/mol. The van der Waals surface area contributed by atoms with E-state index >= 15 is 0 Å². The van der Waals surface area contributed by atoms with Crippen LogP contribution in [0.4, 0.5) is 5.82 Å². The van der Waals surface area contributed by atoms with E-state index in [-0.39, 0.29) is 0 Å². The predicted molar refractivity (Wildman–Crippen MR) is 57.7 cm³/mol. The Morgan fingerprint density at radius 2 is 2.00 bits per heavy atom. The molecule has 2 N–H and O–H groups in total. The molecule has 0 saturated heterocycles. The molecule has 0 aliphatic rings. The standard InChI is InChI=1S/C9H9BrN4/c10-8-3-1-7(2-4-8)5-14-6-9(11)12-13-14/h1-4,6H,5,11H2. The fourth-order valence-corrected chi connectivity index (χ4v) is 1.43. The second kappa shape index (κ2) is 3.79. The molecule has 0 spiro atoms. The lowest BCUT2D eigenvalue weighted by Crippen LogP contribution is -1.99. The van der Waals surface area contributed by atoms with Crippen molar-refractivity contribution in [1.29, 1.82) is 0 Å². The Kier molecular flexibility index (Phi) is 2.49. The fraction of sp³-hybridized carbons (Fsp3) is 0.111. The predicted octanol–water partition coefficient (Wildman–Crippen LogP) is 1.67. The molecule has 0 atom stereocenters. The van der Waals surface area contributed by atoms with Crippen LogP contribution in [0.1, 0.15) is 5.56 Å². The van der Waals surface area contributed by atoms with Crippen LogP contribution in [0.3, 0.4) is 0 Å². The maximum Gasteiger partial charge on any atom is 0.165 e. The normalized spacial score (nSPS) is 10.4. The van der Waals surface area contributed by atoms with Gasteiger partial charge in [0.2, 0.25) is 0 Å². The Morgan fingerprint density at radius 3 is 2.57 bits per heavy atom. The second-order valence-electron chi connectivity index (χ2n) is 2.97. The number of hydrogen-bond donors (Lipinski definition) is 1. The topological polar surface area (TPSA) is 56.7 Å². The van der Waals surface area contributed by atoms with E-state index in [2.05, 4.69) is 26.2 Å². The molecule has 0 saturated carbocycles. The van der Waals surface area contributed by atoms with Crippen molar-refractivity contribution < 1.29 is 0 Å².